The van der Waals surface area contributed by atoms with Gasteiger partial charge in [0, 0.05) is 11.6 Å². The van der Waals surface area contributed by atoms with Crippen molar-refractivity contribution in [3.8, 4) is 0 Å². The molecular formula is C23H19NO3. The third kappa shape index (κ3) is 5.41. The highest BCUT2D eigenvalue weighted by atomic mass is 16.5. The lowest BCUT2D eigenvalue weighted by molar-refractivity contribution is 0.104. The van der Waals surface area contributed by atoms with Gasteiger partial charge in [-0.25, -0.2) is 4.79 Å². The Bertz CT molecular complexity index is 920. The molecule has 3 aromatic rings. The minimum atomic E-state index is -0.616. The molecule has 0 bridgehead atoms. The lowest BCUT2D eigenvalue weighted by Gasteiger charge is -2.11. The van der Waals surface area contributed by atoms with E-state index in [1.54, 1.807) is 24.3 Å². The van der Waals surface area contributed by atoms with Crippen LogP contribution in [0.5, 0.6) is 0 Å². The third-order valence-corrected chi connectivity index (χ3v) is 3.87. The van der Waals surface area contributed by atoms with Crippen LogP contribution in [0.2, 0.25) is 0 Å². The van der Waals surface area contributed by atoms with Gasteiger partial charge in [0.2, 0.25) is 0 Å². The number of ether oxygens (including phenoxy) is 1. The van der Waals surface area contributed by atoms with Gasteiger partial charge >= 0.3 is 6.09 Å². The Labute approximate surface area is 158 Å². The molecule has 27 heavy (non-hydrogen) atoms. The number of carbonyl (C=O) groups is 2. The van der Waals surface area contributed by atoms with Gasteiger partial charge in [0.15, 0.2) is 5.78 Å². The maximum atomic E-state index is 12.5. The van der Waals surface area contributed by atoms with Crippen LogP contribution in [0.15, 0.2) is 97.1 Å². The topological polar surface area (TPSA) is 55.4 Å². The molecule has 0 saturated heterocycles. The van der Waals surface area contributed by atoms with Crippen molar-refractivity contribution >= 4 is 17.6 Å². The highest BCUT2D eigenvalue weighted by molar-refractivity contribution is 6.09. The summed E-state index contributed by atoms with van der Waals surface area (Å²) in [5.74, 6) is -0.196. The molecule has 1 N–H and O–H groups in total. The van der Waals surface area contributed by atoms with E-state index in [4.69, 9.17) is 4.74 Å². The zero-order valence-corrected chi connectivity index (χ0v) is 14.7. The molecule has 0 fully saturated rings. The van der Waals surface area contributed by atoms with Crippen molar-refractivity contribution in [2.75, 3.05) is 0 Å². The first-order valence-electron chi connectivity index (χ1n) is 8.56. The normalized spacial score (nSPS) is 10.9. The van der Waals surface area contributed by atoms with Gasteiger partial charge in [-0.3, -0.25) is 10.1 Å². The minimum Gasteiger partial charge on any atom is -0.444 e. The quantitative estimate of drug-likeness (QED) is 0.507. The molecular weight excluding hydrogens is 338 g/mol. The Hall–Kier alpha value is -3.66. The molecule has 0 spiro atoms. The molecule has 1 amide bonds. The van der Waals surface area contributed by atoms with Crippen molar-refractivity contribution in [2.45, 2.75) is 6.61 Å². The summed E-state index contributed by atoms with van der Waals surface area (Å²) in [5.41, 5.74) is 2.55. The van der Waals surface area contributed by atoms with E-state index in [9.17, 15) is 9.59 Å². The van der Waals surface area contributed by atoms with Gasteiger partial charge < -0.3 is 4.74 Å². The van der Waals surface area contributed by atoms with Crippen LogP contribution in [0, 0.1) is 0 Å². The Morgan fingerprint density at radius 2 is 1.26 bits per heavy atom. The molecule has 0 aromatic heterocycles. The molecule has 0 saturated carbocycles. The van der Waals surface area contributed by atoms with E-state index in [1.165, 1.54) is 6.08 Å². The summed E-state index contributed by atoms with van der Waals surface area (Å²) in [7, 11) is 0. The molecule has 0 aliphatic heterocycles. The van der Waals surface area contributed by atoms with Gasteiger partial charge in [-0.15, -0.1) is 0 Å². The number of rotatable bonds is 6. The molecule has 0 atom stereocenters. The second kappa shape index (κ2) is 9.15. The number of amides is 1. The summed E-state index contributed by atoms with van der Waals surface area (Å²) in [6.45, 7) is 0.154. The van der Waals surface area contributed by atoms with Crippen LogP contribution >= 0.6 is 0 Å². The van der Waals surface area contributed by atoms with Crippen LogP contribution in [0.1, 0.15) is 21.5 Å². The number of ketones is 1. The van der Waals surface area contributed by atoms with E-state index in [0.29, 0.717) is 11.3 Å². The fourth-order valence-electron chi connectivity index (χ4n) is 2.50. The summed E-state index contributed by atoms with van der Waals surface area (Å²) in [6.07, 6.45) is 0.795. The Morgan fingerprint density at radius 3 is 1.85 bits per heavy atom. The van der Waals surface area contributed by atoms with Crippen molar-refractivity contribution in [3.05, 3.63) is 114 Å². The number of hydrogen-bond donors (Lipinski definition) is 1. The SMILES string of the molecule is O=C(N/C(=C\C(=O)c1ccccc1)c1ccccc1)OCc1ccccc1. The maximum absolute atomic E-state index is 12.5. The van der Waals surface area contributed by atoms with E-state index in [-0.39, 0.29) is 12.4 Å². The average molecular weight is 357 g/mol. The highest BCUT2D eigenvalue weighted by Gasteiger charge is 2.11. The second-order valence-electron chi connectivity index (χ2n) is 5.84. The van der Waals surface area contributed by atoms with Crippen LogP contribution in [0.4, 0.5) is 4.79 Å². The number of benzene rings is 3. The largest absolute Gasteiger partial charge is 0.444 e. The first kappa shape index (κ1) is 18.1. The van der Waals surface area contributed by atoms with E-state index < -0.39 is 6.09 Å². The molecule has 4 nitrogen and oxygen atoms in total. The van der Waals surface area contributed by atoms with E-state index in [2.05, 4.69) is 5.32 Å². The van der Waals surface area contributed by atoms with Crippen LogP contribution in [0.25, 0.3) is 5.70 Å². The molecule has 0 aliphatic rings. The fraction of sp³-hybridized carbons (Fsp3) is 0.0435. The van der Waals surface area contributed by atoms with Gasteiger partial charge in [0.25, 0.3) is 0 Å². The summed E-state index contributed by atoms with van der Waals surface area (Å²) in [4.78, 5) is 24.8. The lowest BCUT2D eigenvalue weighted by atomic mass is 10.1. The second-order valence-corrected chi connectivity index (χ2v) is 5.84. The first-order valence-corrected chi connectivity index (χ1v) is 8.56. The van der Waals surface area contributed by atoms with Crippen LogP contribution in [0.3, 0.4) is 0 Å². The minimum absolute atomic E-state index is 0.154. The van der Waals surface area contributed by atoms with Crippen LogP contribution in [-0.2, 0) is 11.3 Å². The van der Waals surface area contributed by atoms with Crippen LogP contribution in [-0.4, -0.2) is 11.9 Å². The third-order valence-electron chi connectivity index (χ3n) is 3.87. The summed E-state index contributed by atoms with van der Waals surface area (Å²) in [6, 6.07) is 27.5. The monoisotopic (exact) mass is 357 g/mol. The van der Waals surface area contributed by atoms with Gasteiger partial charge in [-0.1, -0.05) is 91.0 Å². The highest BCUT2D eigenvalue weighted by Crippen LogP contribution is 2.14. The molecule has 3 rings (SSSR count). The molecule has 0 radical (unpaired) electrons. The van der Waals surface area contributed by atoms with E-state index in [0.717, 1.165) is 11.1 Å². The fourth-order valence-corrected chi connectivity index (χ4v) is 2.50. The molecule has 3 aromatic carbocycles. The molecule has 0 unspecified atom stereocenters. The molecule has 4 heteroatoms. The Morgan fingerprint density at radius 1 is 0.741 bits per heavy atom. The summed E-state index contributed by atoms with van der Waals surface area (Å²) in [5, 5.41) is 2.68. The number of hydrogen-bond acceptors (Lipinski definition) is 3. The zero-order chi connectivity index (χ0) is 18.9. The molecule has 134 valence electrons. The number of allylic oxidation sites excluding steroid dienone is 1. The predicted molar refractivity (Wildman–Crippen MR) is 105 cm³/mol. The Balaban J connectivity index is 1.75. The number of alkyl carbamates (subject to hydrolysis) is 1. The van der Waals surface area contributed by atoms with Crippen LogP contribution < -0.4 is 5.32 Å². The van der Waals surface area contributed by atoms with Crippen molar-refractivity contribution in [3.63, 3.8) is 0 Å². The van der Waals surface area contributed by atoms with Gasteiger partial charge in [-0.2, -0.15) is 0 Å². The van der Waals surface area contributed by atoms with Crippen molar-refractivity contribution < 1.29 is 14.3 Å². The standard InChI is InChI=1S/C23H19NO3/c25-22(20-14-8-3-9-15-20)16-21(19-12-6-2-7-13-19)24-23(26)27-17-18-10-4-1-5-11-18/h1-16H,17H2,(H,24,26)/b21-16-. The summed E-state index contributed by atoms with van der Waals surface area (Å²) >= 11 is 0. The lowest BCUT2D eigenvalue weighted by Crippen LogP contribution is -2.23. The van der Waals surface area contributed by atoms with Crippen molar-refractivity contribution in [1.29, 1.82) is 0 Å². The number of carbonyl (C=O) groups excluding carboxylic acids is 2. The van der Waals surface area contributed by atoms with Gasteiger partial charge in [-0.05, 0) is 11.1 Å². The van der Waals surface area contributed by atoms with Gasteiger partial charge in [0.1, 0.15) is 6.61 Å². The maximum Gasteiger partial charge on any atom is 0.411 e. The summed E-state index contributed by atoms with van der Waals surface area (Å²) < 4.78 is 5.27. The molecule has 0 aliphatic carbocycles. The predicted octanol–water partition coefficient (Wildman–Crippen LogP) is 4.84. The zero-order valence-electron chi connectivity index (χ0n) is 14.7. The van der Waals surface area contributed by atoms with E-state index >= 15 is 0 Å². The Kier molecular flexibility index (Phi) is 6.15. The van der Waals surface area contributed by atoms with E-state index in [1.807, 2.05) is 66.7 Å². The van der Waals surface area contributed by atoms with Crippen molar-refractivity contribution in [1.82, 2.24) is 5.32 Å². The average Bonchev–Trinajstić information content (AvgIpc) is 2.74. The van der Waals surface area contributed by atoms with Gasteiger partial charge in [0.05, 0.1) is 5.70 Å². The van der Waals surface area contributed by atoms with Crippen molar-refractivity contribution in [2.24, 2.45) is 0 Å². The first-order chi connectivity index (χ1) is 13.2. The molecule has 0 heterocycles. The smallest absolute Gasteiger partial charge is 0.411 e. The number of nitrogens with one attached hydrogen (secondary N) is 1.